The second-order valence-electron chi connectivity index (χ2n) is 5.13. The molecule has 0 aromatic heterocycles. The van der Waals surface area contributed by atoms with Crippen molar-refractivity contribution in [1.29, 1.82) is 0 Å². The number of halogens is 3. The van der Waals surface area contributed by atoms with Crippen LogP contribution in [0.15, 0.2) is 40.2 Å². The number of amides is 1. The van der Waals surface area contributed by atoms with Gasteiger partial charge >= 0.3 is 0 Å². The van der Waals surface area contributed by atoms with Crippen LogP contribution in [0.4, 0.5) is 5.69 Å². The van der Waals surface area contributed by atoms with Gasteiger partial charge in [-0.1, -0.05) is 34.8 Å². The molecule has 0 bridgehead atoms. The molecule has 0 unspecified atom stereocenters. The van der Waals surface area contributed by atoms with Crippen molar-refractivity contribution in [2.45, 2.75) is 0 Å². The molecule has 0 aliphatic carbocycles. The van der Waals surface area contributed by atoms with Crippen LogP contribution in [0.3, 0.4) is 0 Å². The van der Waals surface area contributed by atoms with Crippen LogP contribution in [0, 0.1) is 0 Å². The molecule has 1 heterocycles. The predicted octanol–water partition coefficient (Wildman–Crippen LogP) is 5.25. The van der Waals surface area contributed by atoms with Crippen LogP contribution in [-0.4, -0.2) is 23.3 Å². The molecule has 5 nitrogen and oxygen atoms in total. The number of thioether (sulfide) groups is 1. The van der Waals surface area contributed by atoms with Gasteiger partial charge in [0.05, 0.1) is 27.7 Å². The standard InChI is InChI=1S/C17H11Cl3N2O3S/c1-25-13-5-8(4-11(20)15(13)23)6-14-16(24)22-17(26-14)21-12-3-2-9(18)7-10(12)19/h2-7,23H,1H3,(H,21,22,24)/b14-6-. The van der Waals surface area contributed by atoms with E-state index in [2.05, 4.69) is 10.3 Å². The van der Waals surface area contributed by atoms with E-state index in [4.69, 9.17) is 39.5 Å². The molecule has 26 heavy (non-hydrogen) atoms. The van der Waals surface area contributed by atoms with Crippen molar-refractivity contribution in [2.24, 2.45) is 4.99 Å². The molecule has 0 saturated carbocycles. The second kappa shape index (κ2) is 7.80. The molecule has 2 N–H and O–H groups in total. The molecule has 3 rings (SSSR count). The highest BCUT2D eigenvalue weighted by molar-refractivity contribution is 8.18. The normalized spacial score (nSPS) is 17.0. The molecule has 0 spiro atoms. The fraction of sp³-hybridized carbons (Fsp3) is 0.0588. The second-order valence-corrected chi connectivity index (χ2v) is 7.41. The zero-order chi connectivity index (χ0) is 18.8. The van der Waals surface area contributed by atoms with E-state index in [1.165, 1.54) is 13.2 Å². The van der Waals surface area contributed by atoms with Crippen molar-refractivity contribution >= 4 is 69.4 Å². The summed E-state index contributed by atoms with van der Waals surface area (Å²) in [6.07, 6.45) is 1.62. The van der Waals surface area contributed by atoms with E-state index in [0.717, 1.165) is 11.8 Å². The van der Waals surface area contributed by atoms with E-state index >= 15 is 0 Å². The number of carbonyl (C=O) groups is 1. The lowest BCUT2D eigenvalue weighted by molar-refractivity contribution is -0.115. The summed E-state index contributed by atoms with van der Waals surface area (Å²) in [5.41, 5.74) is 1.10. The Bertz CT molecular complexity index is 961. The summed E-state index contributed by atoms with van der Waals surface area (Å²) in [6.45, 7) is 0. The summed E-state index contributed by atoms with van der Waals surface area (Å²) in [5, 5.41) is 13.9. The quantitative estimate of drug-likeness (QED) is 0.654. The van der Waals surface area contributed by atoms with Crippen LogP contribution in [0.1, 0.15) is 5.56 Å². The van der Waals surface area contributed by atoms with E-state index in [1.807, 2.05) is 0 Å². The summed E-state index contributed by atoms with van der Waals surface area (Å²) >= 11 is 19.1. The van der Waals surface area contributed by atoms with Crippen LogP contribution in [0.5, 0.6) is 11.5 Å². The monoisotopic (exact) mass is 428 g/mol. The van der Waals surface area contributed by atoms with E-state index in [9.17, 15) is 9.90 Å². The SMILES string of the molecule is COc1cc(/C=C2\SC(=Nc3ccc(Cl)cc3Cl)NC2=O)cc(Cl)c1O. The van der Waals surface area contributed by atoms with Gasteiger partial charge in [0.25, 0.3) is 5.91 Å². The number of aromatic hydroxyl groups is 1. The van der Waals surface area contributed by atoms with Gasteiger partial charge in [-0.25, -0.2) is 4.99 Å². The van der Waals surface area contributed by atoms with Crippen LogP contribution in [-0.2, 0) is 4.79 Å². The van der Waals surface area contributed by atoms with Gasteiger partial charge in [-0.15, -0.1) is 0 Å². The summed E-state index contributed by atoms with van der Waals surface area (Å²) < 4.78 is 5.06. The fourth-order valence-corrected chi connectivity index (χ4v) is 3.65. The fourth-order valence-electron chi connectivity index (χ4n) is 2.15. The number of hydrogen-bond acceptors (Lipinski definition) is 5. The summed E-state index contributed by atoms with van der Waals surface area (Å²) in [4.78, 5) is 16.9. The third kappa shape index (κ3) is 4.10. The first-order valence-corrected chi connectivity index (χ1v) is 9.13. The topological polar surface area (TPSA) is 70.9 Å². The first-order valence-electron chi connectivity index (χ1n) is 7.18. The Hall–Kier alpha value is -1.86. The third-order valence-electron chi connectivity index (χ3n) is 3.35. The summed E-state index contributed by atoms with van der Waals surface area (Å²) in [7, 11) is 1.42. The number of hydrogen-bond donors (Lipinski definition) is 2. The number of carbonyl (C=O) groups excluding carboxylic acids is 1. The molecule has 1 saturated heterocycles. The van der Waals surface area contributed by atoms with Gasteiger partial charge in [0, 0.05) is 5.02 Å². The summed E-state index contributed by atoms with van der Waals surface area (Å²) in [5.74, 6) is -0.240. The van der Waals surface area contributed by atoms with Gasteiger partial charge in [-0.3, -0.25) is 4.79 Å². The highest BCUT2D eigenvalue weighted by Crippen LogP contribution is 2.37. The first-order chi connectivity index (χ1) is 12.4. The van der Waals surface area contributed by atoms with Gasteiger partial charge in [0.15, 0.2) is 16.7 Å². The Labute approximate surface area is 168 Å². The number of amidine groups is 1. The van der Waals surface area contributed by atoms with Crippen molar-refractivity contribution in [3.05, 3.63) is 55.9 Å². The largest absolute Gasteiger partial charge is 0.503 e. The maximum absolute atomic E-state index is 12.2. The lowest BCUT2D eigenvalue weighted by Crippen LogP contribution is -2.19. The molecule has 1 fully saturated rings. The predicted molar refractivity (Wildman–Crippen MR) is 107 cm³/mol. The number of benzene rings is 2. The molecule has 0 atom stereocenters. The molecule has 1 amide bonds. The smallest absolute Gasteiger partial charge is 0.264 e. The number of rotatable bonds is 3. The van der Waals surface area contributed by atoms with Crippen molar-refractivity contribution in [1.82, 2.24) is 5.32 Å². The Kier molecular flexibility index (Phi) is 5.67. The van der Waals surface area contributed by atoms with Crippen molar-refractivity contribution in [3.8, 4) is 11.5 Å². The zero-order valence-electron chi connectivity index (χ0n) is 13.2. The molecular weight excluding hydrogens is 419 g/mol. The highest BCUT2D eigenvalue weighted by atomic mass is 35.5. The van der Waals surface area contributed by atoms with Gasteiger partial charge < -0.3 is 15.2 Å². The minimum absolute atomic E-state index is 0.126. The van der Waals surface area contributed by atoms with Crippen molar-refractivity contribution < 1.29 is 14.6 Å². The number of aliphatic imine (C=N–C) groups is 1. The van der Waals surface area contributed by atoms with Crippen LogP contribution < -0.4 is 10.1 Å². The molecular formula is C17H11Cl3N2O3S. The summed E-state index contributed by atoms with van der Waals surface area (Å²) in [6, 6.07) is 8.01. The van der Waals surface area contributed by atoms with Crippen LogP contribution in [0.25, 0.3) is 6.08 Å². The maximum Gasteiger partial charge on any atom is 0.264 e. The Morgan fingerprint density at radius 1 is 1.19 bits per heavy atom. The van der Waals surface area contributed by atoms with Crippen LogP contribution in [0.2, 0.25) is 15.1 Å². The van der Waals surface area contributed by atoms with Gasteiger partial charge in [0.2, 0.25) is 0 Å². The molecule has 0 radical (unpaired) electrons. The number of methoxy groups -OCH3 is 1. The Morgan fingerprint density at radius 2 is 1.96 bits per heavy atom. The number of ether oxygens (including phenoxy) is 1. The molecule has 134 valence electrons. The number of phenols is 1. The highest BCUT2D eigenvalue weighted by Gasteiger charge is 2.24. The zero-order valence-corrected chi connectivity index (χ0v) is 16.3. The van der Waals surface area contributed by atoms with Gasteiger partial charge in [-0.05, 0) is 53.7 Å². The minimum atomic E-state index is -0.304. The lowest BCUT2D eigenvalue weighted by Gasteiger charge is -2.06. The van der Waals surface area contributed by atoms with E-state index in [0.29, 0.717) is 31.4 Å². The number of nitrogens with one attached hydrogen (secondary N) is 1. The van der Waals surface area contributed by atoms with Crippen LogP contribution >= 0.6 is 46.6 Å². The Morgan fingerprint density at radius 3 is 2.65 bits per heavy atom. The minimum Gasteiger partial charge on any atom is -0.503 e. The average molecular weight is 430 g/mol. The molecule has 2 aromatic carbocycles. The Balaban J connectivity index is 1.89. The molecule has 1 aliphatic rings. The average Bonchev–Trinajstić information content (AvgIpc) is 2.92. The molecule has 9 heteroatoms. The van der Waals surface area contributed by atoms with Gasteiger partial charge in [0.1, 0.15) is 0 Å². The van der Waals surface area contributed by atoms with Crippen molar-refractivity contribution in [2.75, 3.05) is 7.11 Å². The van der Waals surface area contributed by atoms with Gasteiger partial charge in [-0.2, -0.15) is 0 Å². The maximum atomic E-state index is 12.2. The van der Waals surface area contributed by atoms with E-state index in [-0.39, 0.29) is 22.4 Å². The van der Waals surface area contributed by atoms with Crippen molar-refractivity contribution in [3.63, 3.8) is 0 Å². The van der Waals surface area contributed by atoms with E-state index in [1.54, 1.807) is 30.3 Å². The number of phenolic OH excluding ortho intramolecular Hbond substituents is 1. The molecule has 2 aromatic rings. The first kappa shape index (κ1) is 18.9. The molecule has 1 aliphatic heterocycles. The number of nitrogens with zero attached hydrogens (tertiary/aromatic N) is 1. The third-order valence-corrected chi connectivity index (χ3v) is 5.09. The lowest BCUT2D eigenvalue weighted by atomic mass is 10.2. The van der Waals surface area contributed by atoms with E-state index < -0.39 is 0 Å².